The second-order valence-electron chi connectivity index (χ2n) is 8.01. The highest BCUT2D eigenvalue weighted by molar-refractivity contribution is 9.12. The van der Waals surface area contributed by atoms with Gasteiger partial charge in [-0.2, -0.15) is 0 Å². The zero-order valence-corrected chi connectivity index (χ0v) is 20.9. The number of nitrogens with one attached hydrogen (secondary N) is 1. The van der Waals surface area contributed by atoms with E-state index in [2.05, 4.69) is 37.2 Å². The molecule has 166 valence electrons. The van der Waals surface area contributed by atoms with Gasteiger partial charge in [-0.25, -0.2) is 4.79 Å². The summed E-state index contributed by atoms with van der Waals surface area (Å²) in [5, 5.41) is 3.17. The van der Waals surface area contributed by atoms with Gasteiger partial charge in [0.1, 0.15) is 6.04 Å². The van der Waals surface area contributed by atoms with Gasteiger partial charge in [0.15, 0.2) is 6.61 Å². The molecule has 1 aliphatic heterocycles. The van der Waals surface area contributed by atoms with Crippen molar-refractivity contribution < 1.29 is 23.9 Å². The number of rotatable bonds is 5. The van der Waals surface area contributed by atoms with Gasteiger partial charge in [-0.1, -0.05) is 55.1 Å². The Morgan fingerprint density at radius 1 is 1.16 bits per heavy atom. The number of anilines is 1. The molecule has 4 rings (SSSR count). The lowest BCUT2D eigenvalue weighted by Crippen LogP contribution is -2.45. The van der Waals surface area contributed by atoms with Gasteiger partial charge in [-0.3, -0.25) is 19.3 Å². The van der Waals surface area contributed by atoms with Crippen LogP contribution in [-0.4, -0.2) is 50.9 Å². The van der Waals surface area contributed by atoms with E-state index in [4.69, 9.17) is 27.9 Å². The Kier molecular flexibility index (Phi) is 6.42. The third-order valence-corrected chi connectivity index (χ3v) is 10.1. The highest BCUT2D eigenvalue weighted by atomic mass is 79.9. The van der Waals surface area contributed by atoms with E-state index < -0.39 is 36.4 Å². The number of alkyl halides is 2. The molecule has 1 aromatic rings. The summed E-state index contributed by atoms with van der Waals surface area (Å²) in [6, 6.07) is 3.45. The van der Waals surface area contributed by atoms with Gasteiger partial charge in [0, 0.05) is 14.7 Å². The largest absolute Gasteiger partial charge is 0.454 e. The molecule has 11 heteroatoms. The lowest BCUT2D eigenvalue weighted by molar-refractivity contribution is -0.159. The number of esters is 1. The molecule has 0 spiro atoms. The summed E-state index contributed by atoms with van der Waals surface area (Å²) in [6.07, 6.45) is 0.803. The minimum atomic E-state index is -1.12. The van der Waals surface area contributed by atoms with Crippen molar-refractivity contribution in [3.8, 4) is 0 Å². The Morgan fingerprint density at radius 3 is 2.32 bits per heavy atom. The first-order chi connectivity index (χ1) is 14.6. The van der Waals surface area contributed by atoms with E-state index in [1.54, 1.807) is 6.07 Å². The van der Waals surface area contributed by atoms with Crippen LogP contribution in [0.2, 0.25) is 10.0 Å². The molecule has 3 amide bonds. The molecule has 0 radical (unpaired) electrons. The fourth-order valence-corrected chi connectivity index (χ4v) is 7.11. The van der Waals surface area contributed by atoms with E-state index in [1.165, 1.54) is 19.1 Å². The van der Waals surface area contributed by atoms with Gasteiger partial charge < -0.3 is 10.1 Å². The van der Waals surface area contributed by atoms with Crippen molar-refractivity contribution in [2.24, 2.45) is 23.7 Å². The number of carbonyl (C=O) groups excluding carboxylic acids is 4. The molecule has 2 bridgehead atoms. The quantitative estimate of drug-likeness (QED) is 0.318. The Labute approximate surface area is 205 Å². The number of fused-ring (bicyclic) bond motifs is 5. The van der Waals surface area contributed by atoms with Gasteiger partial charge in [-0.15, -0.1) is 0 Å². The van der Waals surface area contributed by atoms with Gasteiger partial charge in [0.05, 0.1) is 22.5 Å². The summed E-state index contributed by atoms with van der Waals surface area (Å²) in [6.45, 7) is 0.845. The summed E-state index contributed by atoms with van der Waals surface area (Å²) < 4.78 is 5.06. The smallest absolute Gasteiger partial charge is 0.329 e. The van der Waals surface area contributed by atoms with E-state index in [0.29, 0.717) is 5.02 Å². The molecule has 2 aliphatic carbocycles. The molecule has 7 nitrogen and oxygen atoms in total. The molecule has 0 aromatic heterocycles. The maximum Gasteiger partial charge on any atom is 0.329 e. The van der Waals surface area contributed by atoms with Crippen LogP contribution in [0, 0.1) is 23.7 Å². The SMILES string of the molecule is C[C@H](C(=O)OCC(=O)Nc1cc(Cl)ccc1Cl)N1C(=O)[C@@H]2[C@H]3C[C@@H]([C@H](Br)[C@H]3Br)[C@@H]2C1=O. The van der Waals surface area contributed by atoms with E-state index in [0.717, 1.165) is 11.3 Å². The first-order valence-corrected chi connectivity index (χ1v) is 12.3. The van der Waals surface area contributed by atoms with E-state index in [-0.39, 0.29) is 44.0 Å². The monoisotopic (exact) mass is 594 g/mol. The van der Waals surface area contributed by atoms with Crippen LogP contribution in [0.3, 0.4) is 0 Å². The van der Waals surface area contributed by atoms with Crippen molar-refractivity contribution >= 4 is 84.4 Å². The van der Waals surface area contributed by atoms with Crippen molar-refractivity contribution in [2.75, 3.05) is 11.9 Å². The second kappa shape index (κ2) is 8.65. The molecule has 7 atom stereocenters. The number of likely N-dealkylation sites (tertiary alicyclic amines) is 1. The molecule has 0 unspecified atom stereocenters. The van der Waals surface area contributed by atoms with Crippen LogP contribution in [0.15, 0.2) is 18.2 Å². The number of imide groups is 1. The average Bonchev–Trinajstić information content (AvgIpc) is 3.33. The Balaban J connectivity index is 1.37. The Hall–Kier alpha value is -1.16. The zero-order chi connectivity index (χ0) is 22.6. The molecule has 2 saturated carbocycles. The number of halogens is 4. The summed E-state index contributed by atoms with van der Waals surface area (Å²) in [4.78, 5) is 51.8. The number of hydrogen-bond acceptors (Lipinski definition) is 5. The van der Waals surface area contributed by atoms with Crippen molar-refractivity contribution in [1.82, 2.24) is 4.90 Å². The average molecular weight is 597 g/mol. The minimum absolute atomic E-state index is 0.0530. The number of hydrogen-bond donors (Lipinski definition) is 1. The molecule has 1 aromatic carbocycles. The highest BCUT2D eigenvalue weighted by Crippen LogP contribution is 2.60. The molecule has 1 N–H and O–H groups in total. The van der Waals surface area contributed by atoms with Crippen LogP contribution < -0.4 is 5.32 Å². The molecular formula is C20H18Br2Cl2N2O5. The number of benzene rings is 1. The fraction of sp³-hybridized carbons (Fsp3) is 0.500. The predicted molar refractivity (Wildman–Crippen MR) is 121 cm³/mol. The number of ether oxygens (including phenoxy) is 1. The summed E-state index contributed by atoms with van der Waals surface area (Å²) >= 11 is 19.1. The molecule has 31 heavy (non-hydrogen) atoms. The lowest BCUT2D eigenvalue weighted by Gasteiger charge is -2.28. The summed E-state index contributed by atoms with van der Waals surface area (Å²) in [5.74, 6) is -2.86. The zero-order valence-electron chi connectivity index (χ0n) is 16.2. The number of carbonyl (C=O) groups is 4. The van der Waals surface area contributed by atoms with Crippen molar-refractivity contribution in [3.63, 3.8) is 0 Å². The fourth-order valence-electron chi connectivity index (χ4n) is 4.90. The van der Waals surface area contributed by atoms with Gasteiger partial charge in [-0.05, 0) is 43.4 Å². The van der Waals surface area contributed by atoms with Crippen LogP contribution >= 0.6 is 55.1 Å². The topological polar surface area (TPSA) is 92.8 Å². The first-order valence-electron chi connectivity index (χ1n) is 9.68. The molecular weight excluding hydrogens is 579 g/mol. The van der Waals surface area contributed by atoms with Crippen LogP contribution in [-0.2, 0) is 23.9 Å². The number of amides is 3. The van der Waals surface area contributed by atoms with Crippen LogP contribution in [0.25, 0.3) is 0 Å². The van der Waals surface area contributed by atoms with Crippen LogP contribution in [0.5, 0.6) is 0 Å². The van der Waals surface area contributed by atoms with Crippen molar-refractivity contribution in [3.05, 3.63) is 28.2 Å². The summed E-state index contributed by atoms with van der Waals surface area (Å²) in [7, 11) is 0. The van der Waals surface area contributed by atoms with Gasteiger partial charge in [0.2, 0.25) is 11.8 Å². The maximum absolute atomic E-state index is 13.0. The van der Waals surface area contributed by atoms with Crippen LogP contribution in [0.4, 0.5) is 5.69 Å². The van der Waals surface area contributed by atoms with E-state index in [1.807, 2.05) is 0 Å². The molecule has 3 fully saturated rings. The van der Waals surface area contributed by atoms with Crippen molar-refractivity contribution in [1.29, 1.82) is 0 Å². The van der Waals surface area contributed by atoms with Gasteiger partial charge in [0.25, 0.3) is 5.91 Å². The first kappa shape index (κ1) is 23.0. The second-order valence-corrected chi connectivity index (χ2v) is 11.0. The number of nitrogens with zero attached hydrogens (tertiary/aromatic N) is 1. The lowest BCUT2D eigenvalue weighted by atomic mass is 9.81. The normalized spacial score (nSPS) is 32.2. The molecule has 1 saturated heterocycles. The predicted octanol–water partition coefficient (Wildman–Crippen LogP) is 3.64. The standard InChI is InChI=1S/C20H18Br2Cl2N2O5/c1-7(20(30)31-6-13(27)25-12-4-8(23)2-3-11(12)24)26-18(28)14-9-5-10(15(14)19(26)29)17(22)16(9)21/h2-4,7,9-10,14-17H,5-6H2,1H3,(H,25,27)/t7-,9-,10-,14-,15+,16+,17+/m1/s1. The molecule has 1 heterocycles. The Morgan fingerprint density at radius 2 is 1.74 bits per heavy atom. The van der Waals surface area contributed by atoms with Crippen LogP contribution in [0.1, 0.15) is 13.3 Å². The third-order valence-electron chi connectivity index (χ3n) is 6.30. The minimum Gasteiger partial charge on any atom is -0.454 e. The highest BCUT2D eigenvalue weighted by Gasteiger charge is 2.67. The van der Waals surface area contributed by atoms with Gasteiger partial charge >= 0.3 is 5.97 Å². The van der Waals surface area contributed by atoms with E-state index in [9.17, 15) is 19.2 Å². The third kappa shape index (κ3) is 3.92. The molecule has 3 aliphatic rings. The Bertz CT molecular complexity index is 945. The summed E-state index contributed by atoms with van der Waals surface area (Å²) in [5.41, 5.74) is 0.283. The van der Waals surface area contributed by atoms with Crippen molar-refractivity contribution in [2.45, 2.75) is 29.0 Å². The van der Waals surface area contributed by atoms with E-state index >= 15 is 0 Å². The maximum atomic E-state index is 13.0.